The summed E-state index contributed by atoms with van der Waals surface area (Å²) < 4.78 is 10.8. The Hall–Kier alpha value is -2.89. The smallest absolute Gasteiger partial charge is 0.321 e. The van der Waals surface area contributed by atoms with Crippen LogP contribution < -0.4 is 19.7 Å². The zero-order valence-electron chi connectivity index (χ0n) is 17.3. The lowest BCUT2D eigenvalue weighted by molar-refractivity contribution is 0.208. The van der Waals surface area contributed by atoms with Gasteiger partial charge >= 0.3 is 6.03 Å². The molecule has 6 nitrogen and oxygen atoms in total. The summed E-state index contributed by atoms with van der Waals surface area (Å²) in [5.41, 5.74) is 5.28. The fraction of sp³-hybridized carbons (Fsp3) is 0.409. The highest BCUT2D eigenvalue weighted by Gasteiger charge is 2.24. The summed E-state index contributed by atoms with van der Waals surface area (Å²) in [6, 6.07) is 9.92. The standard InChI is InChI=1S/C22H29N3O3/c1-15-12-16(2)21(17(3)13-15)23-22(26)25-10-8-24(9-11-25)19-14-18(27-4)6-7-20(19)28-5/h6-7,12-14H,8-11H2,1-5H3,(H,23,26). The number of nitrogens with zero attached hydrogens (tertiary/aromatic N) is 2. The lowest BCUT2D eigenvalue weighted by atomic mass is 10.1. The zero-order chi connectivity index (χ0) is 20.3. The topological polar surface area (TPSA) is 54.0 Å². The van der Waals surface area contributed by atoms with Crippen LogP contribution in [0.25, 0.3) is 0 Å². The molecule has 6 heteroatoms. The summed E-state index contributed by atoms with van der Waals surface area (Å²) in [5, 5.41) is 3.09. The Kier molecular flexibility index (Phi) is 5.97. The van der Waals surface area contributed by atoms with E-state index in [4.69, 9.17) is 9.47 Å². The van der Waals surface area contributed by atoms with Crippen LogP contribution in [0.1, 0.15) is 16.7 Å². The molecule has 0 spiro atoms. The number of urea groups is 1. The third-order valence-corrected chi connectivity index (χ3v) is 5.20. The van der Waals surface area contributed by atoms with Crippen LogP contribution in [-0.2, 0) is 0 Å². The zero-order valence-corrected chi connectivity index (χ0v) is 17.3. The average Bonchev–Trinajstić information content (AvgIpc) is 2.70. The van der Waals surface area contributed by atoms with Crippen molar-refractivity contribution in [3.8, 4) is 11.5 Å². The van der Waals surface area contributed by atoms with E-state index in [0.29, 0.717) is 13.1 Å². The molecule has 1 saturated heterocycles. The van der Waals surface area contributed by atoms with Gasteiger partial charge in [-0.25, -0.2) is 4.79 Å². The molecular weight excluding hydrogens is 354 g/mol. The van der Waals surface area contributed by atoms with Gasteiger partial charge in [-0.1, -0.05) is 17.7 Å². The Labute approximate surface area is 167 Å². The van der Waals surface area contributed by atoms with E-state index in [0.717, 1.165) is 47.1 Å². The normalized spacial score (nSPS) is 14.0. The van der Waals surface area contributed by atoms with Crippen LogP contribution >= 0.6 is 0 Å². The van der Waals surface area contributed by atoms with Gasteiger partial charge in [0, 0.05) is 37.9 Å². The van der Waals surface area contributed by atoms with Crippen LogP contribution in [0.15, 0.2) is 30.3 Å². The molecule has 1 aliphatic rings. The Bertz CT molecular complexity index is 835. The lowest BCUT2D eigenvalue weighted by Crippen LogP contribution is -2.50. The van der Waals surface area contributed by atoms with Gasteiger partial charge in [0.25, 0.3) is 0 Å². The summed E-state index contributed by atoms with van der Waals surface area (Å²) in [6.45, 7) is 8.90. The molecule has 2 amide bonds. The lowest BCUT2D eigenvalue weighted by Gasteiger charge is -2.36. The first-order valence-corrected chi connectivity index (χ1v) is 9.53. The van der Waals surface area contributed by atoms with Crippen molar-refractivity contribution in [3.63, 3.8) is 0 Å². The number of benzene rings is 2. The third kappa shape index (κ3) is 4.16. The predicted molar refractivity (Wildman–Crippen MR) is 113 cm³/mol. The molecule has 0 atom stereocenters. The van der Waals surface area contributed by atoms with Crippen molar-refractivity contribution in [2.75, 3.05) is 50.6 Å². The Morgan fingerprint density at radius 3 is 2.14 bits per heavy atom. The molecular formula is C22H29N3O3. The van der Waals surface area contributed by atoms with Crippen LogP contribution in [0.3, 0.4) is 0 Å². The molecule has 0 bridgehead atoms. The first-order chi connectivity index (χ1) is 13.4. The number of carbonyl (C=O) groups excluding carboxylic acids is 1. The number of amides is 2. The second kappa shape index (κ2) is 8.42. The van der Waals surface area contributed by atoms with E-state index in [-0.39, 0.29) is 6.03 Å². The SMILES string of the molecule is COc1ccc(OC)c(N2CCN(C(=O)Nc3c(C)cc(C)cc3C)CC2)c1. The highest BCUT2D eigenvalue weighted by Crippen LogP contribution is 2.33. The van der Waals surface area contributed by atoms with Gasteiger partial charge in [0.1, 0.15) is 11.5 Å². The van der Waals surface area contributed by atoms with Crippen LogP contribution in [0, 0.1) is 20.8 Å². The van der Waals surface area contributed by atoms with Crippen molar-refractivity contribution >= 4 is 17.4 Å². The number of hydrogen-bond donors (Lipinski definition) is 1. The van der Waals surface area contributed by atoms with Crippen molar-refractivity contribution in [2.24, 2.45) is 0 Å². The van der Waals surface area contributed by atoms with Crippen molar-refractivity contribution in [3.05, 3.63) is 47.0 Å². The second-order valence-corrected chi connectivity index (χ2v) is 7.22. The number of methoxy groups -OCH3 is 2. The van der Waals surface area contributed by atoms with Gasteiger partial charge in [-0.15, -0.1) is 0 Å². The number of nitrogens with one attached hydrogen (secondary N) is 1. The number of aryl methyl sites for hydroxylation is 3. The van der Waals surface area contributed by atoms with Crippen molar-refractivity contribution < 1.29 is 14.3 Å². The minimum absolute atomic E-state index is 0.0488. The molecule has 3 rings (SSSR count). The number of ether oxygens (including phenoxy) is 2. The summed E-state index contributed by atoms with van der Waals surface area (Å²) >= 11 is 0. The quantitative estimate of drug-likeness (QED) is 0.868. The van der Waals surface area contributed by atoms with Gasteiger partial charge in [-0.2, -0.15) is 0 Å². The Balaban J connectivity index is 1.67. The van der Waals surface area contributed by atoms with E-state index < -0.39 is 0 Å². The molecule has 28 heavy (non-hydrogen) atoms. The van der Waals surface area contributed by atoms with Crippen LogP contribution in [0.5, 0.6) is 11.5 Å². The van der Waals surface area contributed by atoms with Crippen LogP contribution in [0.2, 0.25) is 0 Å². The van der Waals surface area contributed by atoms with E-state index in [1.807, 2.05) is 36.9 Å². The molecule has 1 aliphatic heterocycles. The van der Waals surface area contributed by atoms with Gasteiger partial charge in [0.05, 0.1) is 19.9 Å². The summed E-state index contributed by atoms with van der Waals surface area (Å²) in [4.78, 5) is 16.9. The van der Waals surface area contributed by atoms with Crippen LogP contribution in [0.4, 0.5) is 16.2 Å². The molecule has 0 aromatic heterocycles. The molecule has 0 radical (unpaired) electrons. The number of piperazine rings is 1. The molecule has 1 fully saturated rings. The van der Waals surface area contributed by atoms with E-state index in [1.165, 1.54) is 5.56 Å². The fourth-order valence-corrected chi connectivity index (χ4v) is 3.76. The average molecular weight is 383 g/mol. The van der Waals surface area contributed by atoms with E-state index in [1.54, 1.807) is 14.2 Å². The first kappa shape index (κ1) is 19.9. The van der Waals surface area contributed by atoms with E-state index >= 15 is 0 Å². The minimum atomic E-state index is -0.0488. The molecule has 1 N–H and O–H groups in total. The maximum Gasteiger partial charge on any atom is 0.321 e. The monoisotopic (exact) mass is 383 g/mol. The number of anilines is 2. The highest BCUT2D eigenvalue weighted by molar-refractivity contribution is 5.91. The largest absolute Gasteiger partial charge is 0.497 e. The maximum absolute atomic E-state index is 12.8. The molecule has 2 aromatic carbocycles. The maximum atomic E-state index is 12.8. The molecule has 1 heterocycles. The number of rotatable bonds is 4. The minimum Gasteiger partial charge on any atom is -0.497 e. The van der Waals surface area contributed by atoms with Crippen molar-refractivity contribution in [1.82, 2.24) is 4.90 Å². The number of carbonyl (C=O) groups is 1. The summed E-state index contributed by atoms with van der Waals surface area (Å²) in [6.07, 6.45) is 0. The van der Waals surface area contributed by atoms with Gasteiger partial charge in [-0.3, -0.25) is 0 Å². The summed E-state index contributed by atoms with van der Waals surface area (Å²) in [7, 11) is 3.32. The molecule has 0 unspecified atom stereocenters. The fourth-order valence-electron chi connectivity index (χ4n) is 3.76. The molecule has 0 aliphatic carbocycles. The van der Waals surface area contributed by atoms with Gasteiger partial charge in [0.2, 0.25) is 0 Å². The van der Waals surface area contributed by atoms with Crippen molar-refractivity contribution in [2.45, 2.75) is 20.8 Å². The van der Waals surface area contributed by atoms with Crippen molar-refractivity contribution in [1.29, 1.82) is 0 Å². The molecule has 2 aromatic rings. The first-order valence-electron chi connectivity index (χ1n) is 9.53. The van der Waals surface area contributed by atoms with Gasteiger partial charge in [0.15, 0.2) is 0 Å². The highest BCUT2D eigenvalue weighted by atomic mass is 16.5. The molecule has 150 valence electrons. The summed E-state index contributed by atoms with van der Waals surface area (Å²) in [5.74, 6) is 1.60. The van der Waals surface area contributed by atoms with E-state index in [9.17, 15) is 4.79 Å². The third-order valence-electron chi connectivity index (χ3n) is 5.20. The van der Waals surface area contributed by atoms with Crippen LogP contribution in [-0.4, -0.2) is 51.3 Å². The van der Waals surface area contributed by atoms with E-state index in [2.05, 4.69) is 29.3 Å². The number of hydrogen-bond acceptors (Lipinski definition) is 4. The predicted octanol–water partition coefficient (Wildman–Crippen LogP) is 3.98. The Morgan fingerprint density at radius 1 is 0.929 bits per heavy atom. The van der Waals surface area contributed by atoms with Gasteiger partial charge in [-0.05, 0) is 44.0 Å². The van der Waals surface area contributed by atoms with Gasteiger partial charge < -0.3 is 24.6 Å². The second-order valence-electron chi connectivity index (χ2n) is 7.22. The molecule has 0 saturated carbocycles. The Morgan fingerprint density at radius 2 is 1.57 bits per heavy atom.